The van der Waals surface area contributed by atoms with Crippen LogP contribution in [-0.2, 0) is 4.79 Å². The quantitative estimate of drug-likeness (QED) is 0.469. The van der Waals surface area contributed by atoms with Gasteiger partial charge in [-0.3, -0.25) is 4.79 Å². The van der Waals surface area contributed by atoms with Gasteiger partial charge in [0.05, 0.1) is 0 Å². The van der Waals surface area contributed by atoms with Crippen LogP contribution in [0.5, 0.6) is 0 Å². The fraction of sp³-hybridized carbons (Fsp3) is 0.444. The molecule has 1 unspecified atom stereocenters. The molecule has 0 aromatic heterocycles. The molecule has 3 heteroatoms. The Hall–Kier alpha value is -1.09. The first-order chi connectivity index (χ1) is 5.63. The second-order valence-electron chi connectivity index (χ2n) is 2.56. The standard InChI is InChI=1S/C9H16N2O/c1-3-5-6-7(9(11)12)8(10)4-2/h3,6,8H,1,4-5,10H2,2H3,(H2,11,12). The van der Waals surface area contributed by atoms with Crippen molar-refractivity contribution < 1.29 is 4.79 Å². The minimum Gasteiger partial charge on any atom is -0.366 e. The molecule has 3 nitrogen and oxygen atoms in total. The summed E-state index contributed by atoms with van der Waals surface area (Å²) in [6.07, 6.45) is 4.77. The molecule has 1 atom stereocenters. The zero-order chi connectivity index (χ0) is 9.56. The van der Waals surface area contributed by atoms with Crippen LogP contribution in [0.4, 0.5) is 0 Å². The molecule has 4 N–H and O–H groups in total. The van der Waals surface area contributed by atoms with E-state index in [1.165, 1.54) is 0 Å². The van der Waals surface area contributed by atoms with E-state index in [1.54, 1.807) is 12.2 Å². The largest absolute Gasteiger partial charge is 0.366 e. The number of hydrogen-bond donors (Lipinski definition) is 2. The third-order valence-corrected chi connectivity index (χ3v) is 1.63. The van der Waals surface area contributed by atoms with E-state index in [4.69, 9.17) is 11.5 Å². The van der Waals surface area contributed by atoms with Crippen molar-refractivity contribution in [3.63, 3.8) is 0 Å². The monoisotopic (exact) mass is 168 g/mol. The number of carbonyl (C=O) groups is 1. The summed E-state index contributed by atoms with van der Waals surface area (Å²) in [6.45, 7) is 5.45. The summed E-state index contributed by atoms with van der Waals surface area (Å²) in [5.74, 6) is -0.439. The highest BCUT2D eigenvalue weighted by Crippen LogP contribution is 2.04. The number of rotatable bonds is 5. The van der Waals surface area contributed by atoms with Gasteiger partial charge in [0.1, 0.15) is 0 Å². The molecule has 0 bridgehead atoms. The van der Waals surface area contributed by atoms with Gasteiger partial charge in [0.25, 0.3) is 0 Å². The maximum absolute atomic E-state index is 10.8. The fourth-order valence-electron chi connectivity index (χ4n) is 0.865. The lowest BCUT2D eigenvalue weighted by Crippen LogP contribution is -2.30. The van der Waals surface area contributed by atoms with Crippen LogP contribution in [-0.4, -0.2) is 11.9 Å². The van der Waals surface area contributed by atoms with Crippen molar-refractivity contribution in [2.75, 3.05) is 0 Å². The van der Waals surface area contributed by atoms with E-state index < -0.39 is 5.91 Å². The molecule has 0 fully saturated rings. The molecular weight excluding hydrogens is 152 g/mol. The predicted octanol–water partition coefficient (Wildman–Crippen LogP) is 0.711. The second kappa shape index (κ2) is 5.55. The van der Waals surface area contributed by atoms with E-state index in [0.29, 0.717) is 18.4 Å². The van der Waals surface area contributed by atoms with Crippen LogP contribution in [0.15, 0.2) is 24.3 Å². The highest BCUT2D eigenvalue weighted by molar-refractivity contribution is 5.93. The second-order valence-corrected chi connectivity index (χ2v) is 2.56. The molecule has 0 saturated carbocycles. The lowest BCUT2D eigenvalue weighted by atomic mass is 10.0. The Balaban J connectivity index is 4.41. The van der Waals surface area contributed by atoms with E-state index in [0.717, 1.165) is 0 Å². The summed E-state index contributed by atoms with van der Waals surface area (Å²) in [5, 5.41) is 0. The summed E-state index contributed by atoms with van der Waals surface area (Å²) < 4.78 is 0. The Bertz CT molecular complexity index is 197. The van der Waals surface area contributed by atoms with Crippen LogP contribution in [0.25, 0.3) is 0 Å². The first-order valence-corrected chi connectivity index (χ1v) is 3.99. The van der Waals surface area contributed by atoms with E-state index in [9.17, 15) is 4.79 Å². The van der Waals surface area contributed by atoms with Crippen LogP contribution in [0, 0.1) is 0 Å². The van der Waals surface area contributed by atoms with E-state index in [1.807, 2.05) is 6.92 Å². The van der Waals surface area contributed by atoms with Crippen molar-refractivity contribution in [3.8, 4) is 0 Å². The van der Waals surface area contributed by atoms with E-state index in [2.05, 4.69) is 6.58 Å². The van der Waals surface area contributed by atoms with E-state index in [-0.39, 0.29) is 6.04 Å². The minimum atomic E-state index is -0.439. The van der Waals surface area contributed by atoms with Crippen LogP contribution < -0.4 is 11.5 Å². The molecule has 1 amide bonds. The summed E-state index contributed by atoms with van der Waals surface area (Å²) in [6, 6.07) is -0.248. The highest BCUT2D eigenvalue weighted by Gasteiger charge is 2.11. The van der Waals surface area contributed by atoms with Gasteiger partial charge >= 0.3 is 0 Å². The van der Waals surface area contributed by atoms with Crippen molar-refractivity contribution in [1.82, 2.24) is 0 Å². The number of amides is 1. The zero-order valence-corrected chi connectivity index (χ0v) is 7.42. The van der Waals surface area contributed by atoms with Crippen LogP contribution in [0.3, 0.4) is 0 Å². The van der Waals surface area contributed by atoms with Crippen LogP contribution in [0.2, 0.25) is 0 Å². The molecule has 0 aromatic carbocycles. The Labute approximate surface area is 73.1 Å². The van der Waals surface area contributed by atoms with Gasteiger partial charge in [-0.15, -0.1) is 6.58 Å². The first-order valence-electron chi connectivity index (χ1n) is 3.99. The Morgan fingerprint density at radius 1 is 1.67 bits per heavy atom. The zero-order valence-electron chi connectivity index (χ0n) is 7.42. The van der Waals surface area contributed by atoms with Crippen molar-refractivity contribution in [2.45, 2.75) is 25.8 Å². The topological polar surface area (TPSA) is 69.1 Å². The van der Waals surface area contributed by atoms with E-state index >= 15 is 0 Å². The van der Waals surface area contributed by atoms with Gasteiger partial charge in [0.15, 0.2) is 0 Å². The average molecular weight is 168 g/mol. The number of allylic oxidation sites excluding steroid dienone is 2. The van der Waals surface area contributed by atoms with Gasteiger partial charge in [-0.05, 0) is 12.8 Å². The summed E-state index contributed by atoms with van der Waals surface area (Å²) in [4.78, 5) is 10.8. The number of carbonyl (C=O) groups excluding carboxylic acids is 1. The fourth-order valence-corrected chi connectivity index (χ4v) is 0.865. The molecule has 0 saturated heterocycles. The first kappa shape index (κ1) is 10.9. The van der Waals surface area contributed by atoms with Crippen molar-refractivity contribution >= 4 is 5.91 Å². The minimum absolute atomic E-state index is 0.248. The summed E-state index contributed by atoms with van der Waals surface area (Å²) in [5.41, 5.74) is 11.3. The van der Waals surface area contributed by atoms with Gasteiger partial charge in [-0.1, -0.05) is 19.1 Å². The molecule has 12 heavy (non-hydrogen) atoms. The maximum atomic E-state index is 10.8. The van der Waals surface area contributed by atoms with Gasteiger partial charge in [-0.25, -0.2) is 0 Å². The van der Waals surface area contributed by atoms with Gasteiger partial charge in [-0.2, -0.15) is 0 Å². The molecule has 0 aliphatic carbocycles. The maximum Gasteiger partial charge on any atom is 0.245 e. The smallest absolute Gasteiger partial charge is 0.245 e. The van der Waals surface area contributed by atoms with Crippen molar-refractivity contribution in [1.29, 1.82) is 0 Å². The summed E-state index contributed by atoms with van der Waals surface area (Å²) >= 11 is 0. The normalized spacial score (nSPS) is 14.0. The molecular formula is C9H16N2O. The van der Waals surface area contributed by atoms with Crippen LogP contribution in [0.1, 0.15) is 19.8 Å². The molecule has 0 heterocycles. The lowest BCUT2D eigenvalue weighted by molar-refractivity contribution is -0.114. The third kappa shape index (κ3) is 3.34. The Morgan fingerprint density at radius 3 is 2.58 bits per heavy atom. The highest BCUT2D eigenvalue weighted by atomic mass is 16.1. The molecule has 0 aliphatic heterocycles. The third-order valence-electron chi connectivity index (χ3n) is 1.63. The molecule has 0 radical (unpaired) electrons. The Morgan fingerprint density at radius 2 is 2.25 bits per heavy atom. The van der Waals surface area contributed by atoms with Crippen molar-refractivity contribution in [2.24, 2.45) is 11.5 Å². The summed E-state index contributed by atoms with van der Waals surface area (Å²) in [7, 11) is 0. The molecule has 0 rings (SSSR count). The predicted molar refractivity (Wildman–Crippen MR) is 50.4 cm³/mol. The van der Waals surface area contributed by atoms with Gasteiger partial charge in [0, 0.05) is 11.6 Å². The number of primary amides is 1. The Kier molecular flexibility index (Phi) is 5.04. The molecule has 0 aliphatic rings. The van der Waals surface area contributed by atoms with Crippen LogP contribution >= 0.6 is 0 Å². The molecule has 68 valence electrons. The number of nitrogens with two attached hydrogens (primary N) is 2. The van der Waals surface area contributed by atoms with Gasteiger partial charge in [0.2, 0.25) is 5.91 Å². The lowest BCUT2D eigenvalue weighted by Gasteiger charge is -2.09. The number of hydrogen-bond acceptors (Lipinski definition) is 2. The SMILES string of the molecule is C=CCC=C(C(N)=O)C(N)CC. The van der Waals surface area contributed by atoms with Crippen molar-refractivity contribution in [3.05, 3.63) is 24.3 Å². The molecule has 0 spiro atoms. The average Bonchev–Trinajstić information content (AvgIpc) is 2.04. The molecule has 0 aromatic rings. The van der Waals surface area contributed by atoms with Gasteiger partial charge < -0.3 is 11.5 Å².